The zero-order chi connectivity index (χ0) is 27.5. The number of carbonyl (C=O) groups is 2. The number of rotatable bonds is 7. The number of urea groups is 1. The maximum Gasteiger partial charge on any atom is 0.336 e. The molecule has 10 nitrogen and oxygen atoms in total. The van der Waals surface area contributed by atoms with E-state index in [0.717, 1.165) is 10.6 Å². The van der Waals surface area contributed by atoms with Crippen molar-refractivity contribution >= 4 is 39.5 Å². The molecule has 198 valence electrons. The summed E-state index contributed by atoms with van der Waals surface area (Å²) in [5.41, 5.74) is 1.96. The SMILES string of the molecule is CCOC(=O)C(Cc1ccccc1)N(N)C(=O)Nc1ccc(-n2[nH]c3c(cnc4c(F)cccc43)c2=O)cc1. The number of aromatic amines is 1. The van der Waals surface area contributed by atoms with Crippen LogP contribution in [0.4, 0.5) is 14.9 Å². The highest BCUT2D eigenvalue weighted by Gasteiger charge is 2.29. The molecule has 0 saturated carbocycles. The van der Waals surface area contributed by atoms with E-state index in [9.17, 15) is 18.8 Å². The first-order valence-electron chi connectivity index (χ1n) is 12.2. The molecule has 3 aromatic carbocycles. The molecule has 5 rings (SSSR count). The maximum absolute atomic E-state index is 14.2. The highest BCUT2D eigenvalue weighted by Crippen LogP contribution is 2.23. The monoisotopic (exact) mass is 528 g/mol. The summed E-state index contributed by atoms with van der Waals surface area (Å²) in [4.78, 5) is 42.6. The van der Waals surface area contributed by atoms with Crippen molar-refractivity contribution in [1.82, 2.24) is 19.8 Å². The van der Waals surface area contributed by atoms with Gasteiger partial charge in [-0.2, -0.15) is 0 Å². The largest absolute Gasteiger partial charge is 0.464 e. The number of H-pyrrole nitrogens is 1. The van der Waals surface area contributed by atoms with Crippen LogP contribution in [0.2, 0.25) is 0 Å². The zero-order valence-corrected chi connectivity index (χ0v) is 20.9. The van der Waals surface area contributed by atoms with E-state index in [-0.39, 0.29) is 24.1 Å². The van der Waals surface area contributed by atoms with Gasteiger partial charge in [-0.05, 0) is 42.8 Å². The minimum atomic E-state index is -1.04. The number of aromatic nitrogens is 3. The van der Waals surface area contributed by atoms with Crippen LogP contribution in [0, 0.1) is 5.82 Å². The van der Waals surface area contributed by atoms with Crippen molar-refractivity contribution in [3.63, 3.8) is 0 Å². The van der Waals surface area contributed by atoms with Crippen LogP contribution in [-0.4, -0.2) is 44.4 Å². The number of para-hydroxylation sites is 1. The fourth-order valence-corrected chi connectivity index (χ4v) is 4.33. The minimum Gasteiger partial charge on any atom is -0.464 e. The van der Waals surface area contributed by atoms with Crippen molar-refractivity contribution in [2.45, 2.75) is 19.4 Å². The number of amides is 2. The molecule has 2 aromatic heterocycles. The summed E-state index contributed by atoms with van der Waals surface area (Å²) in [5.74, 6) is 4.97. The molecule has 0 radical (unpaired) electrons. The van der Waals surface area contributed by atoms with Gasteiger partial charge in [-0.25, -0.2) is 29.5 Å². The molecule has 1 unspecified atom stereocenters. The van der Waals surface area contributed by atoms with E-state index >= 15 is 0 Å². The number of hydrogen-bond acceptors (Lipinski definition) is 6. The Morgan fingerprint density at radius 2 is 1.82 bits per heavy atom. The number of nitrogens with zero attached hydrogens (tertiary/aromatic N) is 3. The summed E-state index contributed by atoms with van der Waals surface area (Å²) >= 11 is 0. The molecule has 11 heteroatoms. The Kier molecular flexibility index (Phi) is 7.06. The third-order valence-electron chi connectivity index (χ3n) is 6.28. The van der Waals surface area contributed by atoms with E-state index in [1.165, 1.54) is 16.9 Å². The summed E-state index contributed by atoms with van der Waals surface area (Å²) in [6.45, 7) is 1.82. The topological polar surface area (TPSA) is 135 Å². The fourth-order valence-electron chi connectivity index (χ4n) is 4.33. The van der Waals surface area contributed by atoms with Gasteiger partial charge in [0.15, 0.2) is 6.04 Å². The van der Waals surface area contributed by atoms with Gasteiger partial charge in [0.1, 0.15) is 11.3 Å². The van der Waals surface area contributed by atoms with Crippen LogP contribution in [0.25, 0.3) is 27.5 Å². The molecular formula is C28H25FN6O4. The minimum absolute atomic E-state index is 0.148. The van der Waals surface area contributed by atoms with Gasteiger partial charge < -0.3 is 10.1 Å². The molecule has 0 aliphatic carbocycles. The van der Waals surface area contributed by atoms with Crippen molar-refractivity contribution in [3.8, 4) is 5.69 Å². The summed E-state index contributed by atoms with van der Waals surface area (Å²) in [7, 11) is 0. The van der Waals surface area contributed by atoms with Crippen LogP contribution in [0.5, 0.6) is 0 Å². The smallest absolute Gasteiger partial charge is 0.336 e. The average Bonchev–Trinajstić information content (AvgIpc) is 3.29. The molecule has 0 bridgehead atoms. The third kappa shape index (κ3) is 5.07. The second kappa shape index (κ2) is 10.8. The number of nitrogens with two attached hydrogens (primary N) is 1. The molecule has 4 N–H and O–H groups in total. The van der Waals surface area contributed by atoms with Gasteiger partial charge in [0.05, 0.1) is 23.2 Å². The lowest BCUT2D eigenvalue weighted by Gasteiger charge is -2.26. The number of halogens is 1. The van der Waals surface area contributed by atoms with Gasteiger partial charge in [0.2, 0.25) is 0 Å². The van der Waals surface area contributed by atoms with E-state index < -0.39 is 23.9 Å². The van der Waals surface area contributed by atoms with Crippen molar-refractivity contribution in [2.24, 2.45) is 5.84 Å². The molecule has 0 aliphatic heterocycles. The third-order valence-corrected chi connectivity index (χ3v) is 6.28. The molecule has 1 atom stereocenters. The number of pyridine rings is 1. The Hall–Kier alpha value is -5.03. The number of anilines is 1. The lowest BCUT2D eigenvalue weighted by Crippen LogP contribution is -2.53. The maximum atomic E-state index is 14.2. The number of benzene rings is 3. The molecule has 0 spiro atoms. The van der Waals surface area contributed by atoms with Gasteiger partial charge in [-0.1, -0.05) is 42.5 Å². The van der Waals surface area contributed by atoms with E-state index in [4.69, 9.17) is 10.6 Å². The van der Waals surface area contributed by atoms with E-state index in [0.29, 0.717) is 27.7 Å². The predicted molar refractivity (Wildman–Crippen MR) is 145 cm³/mol. The predicted octanol–water partition coefficient (Wildman–Crippen LogP) is 3.89. The second-order valence-electron chi connectivity index (χ2n) is 8.78. The Labute approximate surface area is 221 Å². The molecule has 0 fully saturated rings. The van der Waals surface area contributed by atoms with E-state index in [1.807, 2.05) is 30.3 Å². The summed E-state index contributed by atoms with van der Waals surface area (Å²) < 4.78 is 20.6. The Morgan fingerprint density at radius 3 is 2.54 bits per heavy atom. The number of carbonyl (C=O) groups excluding carboxylic acids is 2. The first kappa shape index (κ1) is 25.6. The highest BCUT2D eigenvalue weighted by atomic mass is 19.1. The van der Waals surface area contributed by atoms with Crippen LogP contribution >= 0.6 is 0 Å². The summed E-state index contributed by atoms with van der Waals surface area (Å²) in [5, 5.41) is 7.30. The summed E-state index contributed by atoms with van der Waals surface area (Å²) in [6, 6.07) is 18.4. The van der Waals surface area contributed by atoms with Gasteiger partial charge in [-0.15, -0.1) is 0 Å². The Bertz CT molecular complexity index is 1720. The molecule has 2 amide bonds. The zero-order valence-electron chi connectivity index (χ0n) is 20.9. The van der Waals surface area contributed by atoms with Gasteiger partial charge in [0, 0.05) is 23.7 Å². The van der Waals surface area contributed by atoms with Crippen LogP contribution in [0.15, 0.2) is 83.8 Å². The highest BCUT2D eigenvalue weighted by molar-refractivity contribution is 6.03. The van der Waals surface area contributed by atoms with Crippen LogP contribution in [-0.2, 0) is 16.0 Å². The van der Waals surface area contributed by atoms with Crippen molar-refractivity contribution < 1.29 is 18.7 Å². The number of esters is 1. The molecule has 5 aromatic rings. The van der Waals surface area contributed by atoms with Gasteiger partial charge >= 0.3 is 12.0 Å². The Morgan fingerprint density at radius 1 is 1.08 bits per heavy atom. The average molecular weight is 529 g/mol. The fraction of sp³-hybridized carbons (Fsp3) is 0.143. The number of ether oxygens (including phenoxy) is 1. The number of hydrogen-bond donors (Lipinski definition) is 3. The molecule has 39 heavy (non-hydrogen) atoms. The second-order valence-corrected chi connectivity index (χ2v) is 8.78. The van der Waals surface area contributed by atoms with E-state index in [2.05, 4.69) is 15.4 Å². The first-order chi connectivity index (χ1) is 18.9. The van der Waals surface area contributed by atoms with Crippen LogP contribution in [0.3, 0.4) is 0 Å². The number of hydrazine groups is 1. The Balaban J connectivity index is 1.36. The quantitative estimate of drug-likeness (QED) is 0.127. The van der Waals surface area contributed by atoms with Crippen LogP contribution < -0.4 is 16.7 Å². The van der Waals surface area contributed by atoms with Gasteiger partial charge in [0.25, 0.3) is 5.56 Å². The van der Waals surface area contributed by atoms with Gasteiger partial charge in [-0.3, -0.25) is 14.9 Å². The standard InChI is InChI=1S/C28H25FN6O4/c1-2-39-27(37)23(15-17-7-4-3-5-8-17)34(30)28(38)32-18-11-13-19(14-12-18)35-26(36)21-16-31-25-20(24(21)33-35)9-6-10-22(25)29/h3-14,16,23,33H,2,15,30H2,1H3,(H,32,38). The molecule has 0 aliphatic rings. The van der Waals surface area contributed by atoms with Crippen LogP contribution in [0.1, 0.15) is 12.5 Å². The molecule has 2 heterocycles. The molecule has 0 saturated heterocycles. The lowest BCUT2D eigenvalue weighted by molar-refractivity contribution is -0.148. The number of nitrogens with one attached hydrogen (secondary N) is 2. The van der Waals surface area contributed by atoms with Crippen molar-refractivity contribution in [3.05, 3.63) is 101 Å². The number of fused-ring (bicyclic) bond motifs is 3. The van der Waals surface area contributed by atoms with Crippen molar-refractivity contribution in [2.75, 3.05) is 11.9 Å². The van der Waals surface area contributed by atoms with Crippen molar-refractivity contribution in [1.29, 1.82) is 0 Å². The first-order valence-corrected chi connectivity index (χ1v) is 12.2. The molecular weight excluding hydrogens is 503 g/mol. The normalized spacial score (nSPS) is 11.9. The summed E-state index contributed by atoms with van der Waals surface area (Å²) in [6.07, 6.45) is 1.52. The lowest BCUT2D eigenvalue weighted by atomic mass is 10.1. The van der Waals surface area contributed by atoms with E-state index in [1.54, 1.807) is 43.3 Å².